The highest BCUT2D eigenvalue weighted by atomic mass is 16.1. The Balaban J connectivity index is 2.49. The number of hydrogen-bond donors (Lipinski definition) is 2. The van der Waals surface area contributed by atoms with Gasteiger partial charge in [-0.25, -0.2) is 0 Å². The molecule has 1 saturated carbocycles. The standard InChI is InChI=1S/C13H22N2O/c1-3-11(2)15-12(16)9-13(10-14)7-5-4-6-8-13/h1,11H,4-10,14H2,2H3,(H,15,16). The molecule has 0 aromatic carbocycles. The predicted octanol–water partition coefficient (Wildman–Crippen LogP) is 1.42. The van der Waals surface area contributed by atoms with Crippen molar-refractivity contribution in [1.29, 1.82) is 0 Å². The highest BCUT2D eigenvalue weighted by Crippen LogP contribution is 2.38. The molecule has 1 aliphatic rings. The Morgan fingerprint density at radius 3 is 2.62 bits per heavy atom. The smallest absolute Gasteiger partial charge is 0.221 e. The fraction of sp³-hybridized carbons (Fsp3) is 0.769. The van der Waals surface area contributed by atoms with Crippen molar-refractivity contribution in [1.82, 2.24) is 5.32 Å². The minimum absolute atomic E-state index is 0.0245. The molecular formula is C13H22N2O. The number of rotatable bonds is 4. The van der Waals surface area contributed by atoms with Crippen LogP contribution in [0.2, 0.25) is 0 Å². The van der Waals surface area contributed by atoms with Gasteiger partial charge in [-0.2, -0.15) is 0 Å². The maximum Gasteiger partial charge on any atom is 0.221 e. The average Bonchev–Trinajstić information content (AvgIpc) is 2.29. The number of hydrogen-bond acceptors (Lipinski definition) is 2. The van der Waals surface area contributed by atoms with Crippen molar-refractivity contribution in [3.8, 4) is 12.3 Å². The highest BCUT2D eigenvalue weighted by molar-refractivity contribution is 5.77. The van der Waals surface area contributed by atoms with E-state index in [-0.39, 0.29) is 17.4 Å². The van der Waals surface area contributed by atoms with E-state index in [1.165, 1.54) is 19.3 Å². The van der Waals surface area contributed by atoms with Gasteiger partial charge in [0.25, 0.3) is 0 Å². The van der Waals surface area contributed by atoms with E-state index in [0.717, 1.165) is 12.8 Å². The molecule has 3 nitrogen and oxygen atoms in total. The second-order valence-electron chi connectivity index (χ2n) is 4.90. The molecule has 3 N–H and O–H groups in total. The third-order valence-corrected chi connectivity index (χ3v) is 3.51. The third kappa shape index (κ3) is 3.53. The van der Waals surface area contributed by atoms with Gasteiger partial charge >= 0.3 is 0 Å². The van der Waals surface area contributed by atoms with E-state index in [1.54, 1.807) is 0 Å². The zero-order valence-corrected chi connectivity index (χ0v) is 10.1. The van der Waals surface area contributed by atoms with Crippen molar-refractivity contribution in [2.75, 3.05) is 6.54 Å². The van der Waals surface area contributed by atoms with Gasteiger partial charge in [-0.3, -0.25) is 4.79 Å². The lowest BCUT2D eigenvalue weighted by molar-refractivity contribution is -0.124. The molecule has 0 radical (unpaired) electrons. The molecule has 1 rings (SSSR count). The summed E-state index contributed by atoms with van der Waals surface area (Å²) in [6, 6.07) is -0.189. The molecule has 0 spiro atoms. The molecule has 1 amide bonds. The Kier molecular flexibility index (Phi) is 4.82. The van der Waals surface area contributed by atoms with Crippen LogP contribution in [0.25, 0.3) is 0 Å². The van der Waals surface area contributed by atoms with Gasteiger partial charge in [0.05, 0.1) is 6.04 Å². The van der Waals surface area contributed by atoms with Crippen molar-refractivity contribution in [3.63, 3.8) is 0 Å². The van der Waals surface area contributed by atoms with Crippen LogP contribution in [0.5, 0.6) is 0 Å². The minimum Gasteiger partial charge on any atom is -0.343 e. The van der Waals surface area contributed by atoms with Gasteiger partial charge in [-0.15, -0.1) is 6.42 Å². The maximum absolute atomic E-state index is 11.8. The van der Waals surface area contributed by atoms with Crippen LogP contribution in [0.15, 0.2) is 0 Å². The SMILES string of the molecule is C#CC(C)NC(=O)CC1(CN)CCCCC1. The Bertz CT molecular complexity index is 274. The van der Waals surface area contributed by atoms with Crippen molar-refractivity contribution >= 4 is 5.91 Å². The molecule has 1 unspecified atom stereocenters. The summed E-state index contributed by atoms with van der Waals surface area (Å²) >= 11 is 0. The van der Waals surface area contributed by atoms with Crippen LogP contribution in [0.4, 0.5) is 0 Å². The van der Waals surface area contributed by atoms with Crippen molar-refractivity contribution in [2.24, 2.45) is 11.1 Å². The first kappa shape index (κ1) is 13.1. The van der Waals surface area contributed by atoms with E-state index in [0.29, 0.717) is 13.0 Å². The summed E-state index contributed by atoms with van der Waals surface area (Å²) in [7, 11) is 0. The van der Waals surface area contributed by atoms with Crippen LogP contribution >= 0.6 is 0 Å². The summed E-state index contributed by atoms with van der Waals surface area (Å²) in [5.74, 6) is 2.54. The Hall–Kier alpha value is -1.01. The largest absolute Gasteiger partial charge is 0.343 e. The molecule has 1 fully saturated rings. The minimum atomic E-state index is -0.189. The van der Waals surface area contributed by atoms with Gasteiger partial charge in [0.15, 0.2) is 0 Å². The monoisotopic (exact) mass is 222 g/mol. The molecule has 0 heterocycles. The number of terminal acetylenes is 1. The molecule has 1 aliphatic carbocycles. The number of carbonyl (C=O) groups excluding carboxylic acids is 1. The number of nitrogens with one attached hydrogen (secondary N) is 1. The first-order valence-corrected chi connectivity index (χ1v) is 6.07. The van der Waals surface area contributed by atoms with Crippen LogP contribution in [-0.4, -0.2) is 18.5 Å². The second kappa shape index (κ2) is 5.91. The second-order valence-corrected chi connectivity index (χ2v) is 4.90. The number of nitrogens with two attached hydrogens (primary N) is 1. The Morgan fingerprint density at radius 2 is 2.12 bits per heavy atom. The van der Waals surface area contributed by atoms with E-state index >= 15 is 0 Å². The van der Waals surface area contributed by atoms with Crippen LogP contribution in [-0.2, 0) is 4.79 Å². The number of amides is 1. The normalized spacial score (nSPS) is 20.8. The van der Waals surface area contributed by atoms with Gasteiger partial charge in [0.2, 0.25) is 5.91 Å². The maximum atomic E-state index is 11.8. The molecule has 90 valence electrons. The van der Waals surface area contributed by atoms with E-state index in [9.17, 15) is 4.79 Å². The first-order chi connectivity index (χ1) is 7.62. The van der Waals surface area contributed by atoms with Gasteiger partial charge in [0.1, 0.15) is 0 Å². The zero-order chi connectivity index (χ0) is 12.0. The quantitative estimate of drug-likeness (QED) is 0.707. The molecular weight excluding hydrogens is 200 g/mol. The van der Waals surface area contributed by atoms with E-state index in [4.69, 9.17) is 12.2 Å². The third-order valence-electron chi connectivity index (χ3n) is 3.51. The van der Waals surface area contributed by atoms with Crippen LogP contribution in [0.3, 0.4) is 0 Å². The van der Waals surface area contributed by atoms with E-state index < -0.39 is 0 Å². The summed E-state index contributed by atoms with van der Waals surface area (Å²) in [4.78, 5) is 11.8. The molecule has 0 aliphatic heterocycles. The summed E-state index contributed by atoms with van der Waals surface area (Å²) in [6.07, 6.45) is 11.5. The lowest BCUT2D eigenvalue weighted by Crippen LogP contribution is -2.40. The molecule has 3 heteroatoms. The lowest BCUT2D eigenvalue weighted by Gasteiger charge is -2.35. The van der Waals surface area contributed by atoms with Crippen LogP contribution in [0, 0.1) is 17.8 Å². The van der Waals surface area contributed by atoms with Gasteiger partial charge in [-0.05, 0) is 31.7 Å². The van der Waals surface area contributed by atoms with Crippen LogP contribution < -0.4 is 11.1 Å². The molecule has 16 heavy (non-hydrogen) atoms. The van der Waals surface area contributed by atoms with Crippen molar-refractivity contribution < 1.29 is 4.79 Å². The molecule has 0 aromatic rings. The van der Waals surface area contributed by atoms with Gasteiger partial charge in [-0.1, -0.05) is 25.2 Å². The van der Waals surface area contributed by atoms with E-state index in [2.05, 4.69) is 11.2 Å². The van der Waals surface area contributed by atoms with Gasteiger partial charge < -0.3 is 11.1 Å². The summed E-state index contributed by atoms with van der Waals surface area (Å²) in [5, 5.41) is 2.81. The first-order valence-electron chi connectivity index (χ1n) is 6.07. The fourth-order valence-electron chi connectivity index (χ4n) is 2.43. The Labute approximate surface area is 98.2 Å². The molecule has 0 bridgehead atoms. The van der Waals surface area contributed by atoms with Crippen molar-refractivity contribution in [2.45, 2.75) is 51.5 Å². The van der Waals surface area contributed by atoms with E-state index in [1.807, 2.05) is 6.92 Å². The molecule has 0 saturated heterocycles. The molecule has 0 aromatic heterocycles. The topological polar surface area (TPSA) is 55.1 Å². The van der Waals surface area contributed by atoms with Gasteiger partial charge in [0, 0.05) is 6.42 Å². The lowest BCUT2D eigenvalue weighted by atomic mass is 9.71. The summed E-state index contributed by atoms with van der Waals surface area (Å²) in [5.41, 5.74) is 5.85. The summed E-state index contributed by atoms with van der Waals surface area (Å²) in [6.45, 7) is 2.42. The fourth-order valence-corrected chi connectivity index (χ4v) is 2.43. The molecule has 1 atom stereocenters. The number of carbonyl (C=O) groups is 1. The van der Waals surface area contributed by atoms with Crippen LogP contribution in [0.1, 0.15) is 45.4 Å². The van der Waals surface area contributed by atoms with Crippen molar-refractivity contribution in [3.05, 3.63) is 0 Å². The zero-order valence-electron chi connectivity index (χ0n) is 10.1. The average molecular weight is 222 g/mol. The summed E-state index contributed by atoms with van der Waals surface area (Å²) < 4.78 is 0. The predicted molar refractivity (Wildman–Crippen MR) is 65.6 cm³/mol. The Morgan fingerprint density at radius 1 is 1.50 bits per heavy atom. The highest BCUT2D eigenvalue weighted by Gasteiger charge is 2.32.